The fraction of sp³-hybridized carbons (Fsp3) is 0.391. The van der Waals surface area contributed by atoms with Crippen LogP contribution in [0.15, 0.2) is 42.5 Å². The van der Waals surface area contributed by atoms with Crippen molar-refractivity contribution in [2.24, 2.45) is 5.92 Å². The number of anilines is 3. The average Bonchev–Trinajstić information content (AvgIpc) is 3.12. The summed E-state index contributed by atoms with van der Waals surface area (Å²) in [5, 5.41) is 2.96. The number of carbonyl (C=O) groups is 2. The maximum Gasteiger partial charge on any atom is 0.229 e. The lowest BCUT2D eigenvalue weighted by molar-refractivity contribution is -0.122. The molecule has 4 rings (SSSR count). The van der Waals surface area contributed by atoms with E-state index >= 15 is 0 Å². The summed E-state index contributed by atoms with van der Waals surface area (Å²) >= 11 is 0. The SMILES string of the molecule is Cc1cc(N2CCN(C)CC2)ccc1NC(=O)C1CC(=O)N(c2ccccc2F)C1. The number of hydrogen-bond donors (Lipinski definition) is 1. The van der Waals surface area contributed by atoms with Gasteiger partial charge in [0.05, 0.1) is 11.6 Å². The number of nitrogens with one attached hydrogen (secondary N) is 1. The molecule has 2 saturated heterocycles. The van der Waals surface area contributed by atoms with E-state index in [0.29, 0.717) is 0 Å². The van der Waals surface area contributed by atoms with Crippen LogP contribution in [0.4, 0.5) is 21.5 Å². The Hall–Kier alpha value is -2.93. The second-order valence-corrected chi connectivity index (χ2v) is 8.14. The van der Waals surface area contributed by atoms with Crippen LogP contribution in [0.1, 0.15) is 12.0 Å². The Bertz CT molecular complexity index is 956. The van der Waals surface area contributed by atoms with Crippen molar-refractivity contribution in [3.05, 3.63) is 53.8 Å². The molecule has 2 amide bonds. The fourth-order valence-electron chi connectivity index (χ4n) is 4.07. The van der Waals surface area contributed by atoms with Gasteiger partial charge in [0.1, 0.15) is 5.82 Å². The predicted molar refractivity (Wildman–Crippen MR) is 116 cm³/mol. The van der Waals surface area contributed by atoms with Gasteiger partial charge in [0.2, 0.25) is 11.8 Å². The fourth-order valence-corrected chi connectivity index (χ4v) is 4.07. The van der Waals surface area contributed by atoms with Crippen LogP contribution in [0.2, 0.25) is 0 Å². The summed E-state index contributed by atoms with van der Waals surface area (Å²) in [6.07, 6.45) is 0.0819. The summed E-state index contributed by atoms with van der Waals surface area (Å²) in [7, 11) is 2.13. The van der Waals surface area contributed by atoms with Gasteiger partial charge in [0, 0.05) is 50.5 Å². The first-order chi connectivity index (χ1) is 14.4. The van der Waals surface area contributed by atoms with Gasteiger partial charge >= 0.3 is 0 Å². The molecule has 0 saturated carbocycles. The normalized spacial score (nSPS) is 20.0. The Morgan fingerprint density at radius 1 is 1.10 bits per heavy atom. The van der Waals surface area contributed by atoms with Gasteiger partial charge < -0.3 is 20.0 Å². The lowest BCUT2D eigenvalue weighted by Gasteiger charge is -2.34. The van der Waals surface area contributed by atoms with E-state index in [2.05, 4.69) is 28.2 Å². The van der Waals surface area contributed by atoms with E-state index < -0.39 is 11.7 Å². The highest BCUT2D eigenvalue weighted by atomic mass is 19.1. The third kappa shape index (κ3) is 4.16. The van der Waals surface area contributed by atoms with E-state index in [0.717, 1.165) is 43.1 Å². The van der Waals surface area contributed by atoms with Crippen molar-refractivity contribution in [3.8, 4) is 0 Å². The summed E-state index contributed by atoms with van der Waals surface area (Å²) in [6.45, 7) is 6.19. The van der Waals surface area contributed by atoms with E-state index in [-0.39, 0.29) is 30.5 Å². The van der Waals surface area contributed by atoms with E-state index in [4.69, 9.17) is 0 Å². The smallest absolute Gasteiger partial charge is 0.229 e. The van der Waals surface area contributed by atoms with Crippen molar-refractivity contribution in [1.82, 2.24) is 4.90 Å². The third-order valence-electron chi connectivity index (χ3n) is 5.98. The molecular weight excluding hydrogens is 383 g/mol. The van der Waals surface area contributed by atoms with Crippen LogP contribution in [0.5, 0.6) is 0 Å². The van der Waals surface area contributed by atoms with Gasteiger partial charge in [-0.05, 0) is 49.9 Å². The molecule has 2 aliphatic rings. The lowest BCUT2D eigenvalue weighted by atomic mass is 10.1. The zero-order valence-electron chi connectivity index (χ0n) is 17.4. The van der Waals surface area contributed by atoms with Crippen LogP contribution >= 0.6 is 0 Å². The molecule has 30 heavy (non-hydrogen) atoms. The summed E-state index contributed by atoms with van der Waals surface area (Å²) in [5.74, 6) is -1.41. The molecule has 1 N–H and O–H groups in total. The monoisotopic (exact) mass is 410 g/mol. The van der Waals surface area contributed by atoms with Crippen molar-refractivity contribution >= 4 is 28.9 Å². The molecule has 0 aromatic heterocycles. The lowest BCUT2D eigenvalue weighted by Crippen LogP contribution is -2.44. The van der Waals surface area contributed by atoms with Crippen LogP contribution in [0.3, 0.4) is 0 Å². The minimum absolute atomic E-state index is 0.0819. The minimum Gasteiger partial charge on any atom is -0.369 e. The highest BCUT2D eigenvalue weighted by Gasteiger charge is 2.36. The number of carbonyl (C=O) groups excluding carboxylic acids is 2. The van der Waals surface area contributed by atoms with E-state index in [9.17, 15) is 14.0 Å². The molecular formula is C23H27FN4O2. The minimum atomic E-state index is -0.506. The number of halogens is 1. The molecule has 1 atom stereocenters. The molecule has 158 valence electrons. The number of piperazine rings is 1. The van der Waals surface area contributed by atoms with E-state index in [1.165, 1.54) is 11.0 Å². The zero-order valence-corrected chi connectivity index (χ0v) is 17.4. The molecule has 7 heteroatoms. The van der Waals surface area contributed by atoms with E-state index in [1.54, 1.807) is 18.2 Å². The summed E-state index contributed by atoms with van der Waals surface area (Å²) in [4.78, 5) is 31.2. The maximum atomic E-state index is 14.1. The standard InChI is InChI=1S/C23H27FN4O2/c1-16-13-18(27-11-9-26(2)10-12-27)7-8-20(16)25-23(30)17-14-22(29)28(15-17)21-6-4-3-5-19(21)24/h3-8,13,17H,9-12,14-15H2,1-2H3,(H,25,30). The Labute approximate surface area is 176 Å². The summed E-state index contributed by atoms with van der Waals surface area (Å²) < 4.78 is 14.1. The maximum absolute atomic E-state index is 14.1. The number of aryl methyl sites for hydroxylation is 1. The number of amides is 2. The molecule has 1 unspecified atom stereocenters. The Balaban J connectivity index is 1.42. The van der Waals surface area contributed by atoms with Crippen LogP contribution < -0.4 is 15.1 Å². The van der Waals surface area contributed by atoms with Gasteiger partial charge in [-0.1, -0.05) is 12.1 Å². The molecule has 2 aromatic rings. The first-order valence-corrected chi connectivity index (χ1v) is 10.3. The number of rotatable bonds is 4. The molecule has 2 aliphatic heterocycles. The highest BCUT2D eigenvalue weighted by Crippen LogP contribution is 2.29. The van der Waals surface area contributed by atoms with Gasteiger partial charge in [0.25, 0.3) is 0 Å². The molecule has 0 aliphatic carbocycles. The molecule has 2 fully saturated rings. The molecule has 2 aromatic carbocycles. The second-order valence-electron chi connectivity index (χ2n) is 8.14. The largest absolute Gasteiger partial charge is 0.369 e. The average molecular weight is 410 g/mol. The Morgan fingerprint density at radius 3 is 2.53 bits per heavy atom. The zero-order chi connectivity index (χ0) is 21.3. The van der Waals surface area contributed by atoms with Crippen molar-refractivity contribution in [2.75, 3.05) is 54.9 Å². The van der Waals surface area contributed by atoms with Crippen LogP contribution in [-0.2, 0) is 9.59 Å². The van der Waals surface area contributed by atoms with E-state index in [1.807, 2.05) is 19.1 Å². The van der Waals surface area contributed by atoms with Crippen LogP contribution in [-0.4, -0.2) is 56.5 Å². The third-order valence-corrected chi connectivity index (χ3v) is 5.98. The molecule has 0 bridgehead atoms. The summed E-state index contributed by atoms with van der Waals surface area (Å²) in [6, 6.07) is 12.2. The number of hydrogen-bond acceptors (Lipinski definition) is 4. The van der Waals surface area contributed by atoms with Gasteiger partial charge in [-0.25, -0.2) is 4.39 Å². The number of para-hydroxylation sites is 1. The molecule has 2 heterocycles. The van der Waals surface area contributed by atoms with Crippen molar-refractivity contribution in [3.63, 3.8) is 0 Å². The van der Waals surface area contributed by atoms with Crippen LogP contribution in [0, 0.1) is 18.7 Å². The van der Waals surface area contributed by atoms with Crippen molar-refractivity contribution in [1.29, 1.82) is 0 Å². The van der Waals surface area contributed by atoms with Crippen molar-refractivity contribution in [2.45, 2.75) is 13.3 Å². The van der Waals surface area contributed by atoms with Crippen molar-refractivity contribution < 1.29 is 14.0 Å². The summed E-state index contributed by atoms with van der Waals surface area (Å²) in [5.41, 5.74) is 3.11. The van der Waals surface area contributed by atoms with Gasteiger partial charge in [0.15, 0.2) is 0 Å². The first kappa shape index (κ1) is 20.3. The topological polar surface area (TPSA) is 55.9 Å². The van der Waals surface area contributed by atoms with Crippen LogP contribution in [0.25, 0.3) is 0 Å². The van der Waals surface area contributed by atoms with Gasteiger partial charge in [-0.2, -0.15) is 0 Å². The quantitative estimate of drug-likeness (QED) is 0.842. The Kier molecular flexibility index (Phi) is 5.72. The Morgan fingerprint density at radius 2 is 1.83 bits per heavy atom. The second kappa shape index (κ2) is 8.44. The number of likely N-dealkylation sites (N-methyl/N-ethyl adjacent to an activating group) is 1. The molecule has 0 spiro atoms. The van der Waals surface area contributed by atoms with Gasteiger partial charge in [-0.3, -0.25) is 9.59 Å². The first-order valence-electron chi connectivity index (χ1n) is 10.3. The number of nitrogens with zero attached hydrogens (tertiary/aromatic N) is 3. The number of benzene rings is 2. The highest BCUT2D eigenvalue weighted by molar-refractivity contribution is 6.03. The molecule has 6 nitrogen and oxygen atoms in total. The molecule has 0 radical (unpaired) electrons. The predicted octanol–water partition coefficient (Wildman–Crippen LogP) is 2.88. The van der Waals surface area contributed by atoms with Gasteiger partial charge in [-0.15, -0.1) is 0 Å².